The molecule has 0 spiro atoms. The van der Waals surface area contributed by atoms with Gasteiger partial charge in [-0.3, -0.25) is 29.1 Å². The molecule has 0 saturated heterocycles. The number of imide groups is 1. The molecule has 0 aliphatic carbocycles. The largest absolute Gasteiger partial charge is 0.466 e. The summed E-state index contributed by atoms with van der Waals surface area (Å²) in [5.41, 5.74) is 8.77. The Kier molecular flexibility index (Phi) is 8.87. The second-order valence-electron chi connectivity index (χ2n) is 13.6. The Hall–Kier alpha value is -4.60. The predicted molar refractivity (Wildman–Crippen MR) is 184 cm³/mol. The van der Waals surface area contributed by atoms with Crippen LogP contribution in [0.5, 0.6) is 0 Å². The summed E-state index contributed by atoms with van der Waals surface area (Å²) < 4.78 is 5.32. The minimum atomic E-state index is -0.415. The molecule has 0 aromatic carbocycles. The zero-order valence-corrected chi connectivity index (χ0v) is 29.2. The van der Waals surface area contributed by atoms with Gasteiger partial charge >= 0.3 is 5.97 Å². The average molecular weight is 652 g/mol. The van der Waals surface area contributed by atoms with Crippen LogP contribution >= 0.6 is 0 Å². The first-order valence-electron chi connectivity index (χ1n) is 17.1. The van der Waals surface area contributed by atoms with Crippen LogP contribution < -0.4 is 0 Å². The first-order chi connectivity index (χ1) is 22.9. The lowest BCUT2D eigenvalue weighted by Gasteiger charge is -2.24. The van der Waals surface area contributed by atoms with Crippen LogP contribution in [0.2, 0.25) is 0 Å². The number of nitrogens with zero attached hydrogens (tertiary/aromatic N) is 3. The maximum atomic E-state index is 14.1. The van der Waals surface area contributed by atoms with Crippen molar-refractivity contribution in [2.75, 3.05) is 13.7 Å². The number of aryl methyl sites for hydroxylation is 1. The van der Waals surface area contributed by atoms with Gasteiger partial charge in [-0.15, -0.1) is 0 Å². The Morgan fingerprint density at radius 3 is 2.33 bits per heavy atom. The summed E-state index contributed by atoms with van der Waals surface area (Å²) in [6.45, 7) is 14.1. The Bertz CT molecular complexity index is 1960. The monoisotopic (exact) mass is 651 g/mol. The Balaban J connectivity index is 1.68. The van der Waals surface area contributed by atoms with Crippen LogP contribution in [0, 0.1) is 6.92 Å². The Morgan fingerprint density at radius 2 is 1.65 bits per heavy atom. The fraction of sp³-hybridized carbons (Fsp3) is 0.474. The molecule has 0 unspecified atom stereocenters. The van der Waals surface area contributed by atoms with Gasteiger partial charge < -0.3 is 14.7 Å². The van der Waals surface area contributed by atoms with E-state index in [0.717, 1.165) is 46.6 Å². The van der Waals surface area contributed by atoms with Gasteiger partial charge in [0.1, 0.15) is 0 Å². The highest BCUT2D eigenvalue weighted by atomic mass is 16.5. The normalized spacial score (nSPS) is 21.1. The minimum absolute atomic E-state index is 0.0582. The molecule has 0 saturated carbocycles. The summed E-state index contributed by atoms with van der Waals surface area (Å²) in [5.74, 6) is -1.11. The number of ketones is 1. The number of ether oxygens (including phenoxy) is 1. The topological polar surface area (TPSA) is 138 Å². The van der Waals surface area contributed by atoms with Crippen LogP contribution in [0.25, 0.3) is 22.2 Å². The number of amides is 2. The van der Waals surface area contributed by atoms with Crippen molar-refractivity contribution in [2.45, 2.75) is 104 Å². The van der Waals surface area contributed by atoms with E-state index in [9.17, 15) is 19.2 Å². The SMILES string of the molecule is CCCOC(=O)CCC[C@@H]1c2nc(cc3nc(cc4[nH]c(cc5[nH]c6c2C(=O)N(C)C(=O)c6c5C)[C@H](CC)[C@H]4C)C(C(C)=O)=C3C)[C@H]1C. The lowest BCUT2D eigenvalue weighted by Crippen LogP contribution is -2.37. The van der Waals surface area contributed by atoms with E-state index in [0.29, 0.717) is 58.7 Å². The first kappa shape index (κ1) is 33.3. The number of fused-ring (bicyclic) bond motifs is 8. The lowest BCUT2D eigenvalue weighted by molar-refractivity contribution is -0.143. The third kappa shape index (κ3) is 5.44. The number of rotatable bonds is 8. The van der Waals surface area contributed by atoms with Gasteiger partial charge in [0.25, 0.3) is 11.8 Å². The van der Waals surface area contributed by atoms with Gasteiger partial charge in [-0.25, -0.2) is 4.98 Å². The molecule has 10 nitrogen and oxygen atoms in total. The van der Waals surface area contributed by atoms with Gasteiger partial charge in [0.05, 0.1) is 40.3 Å². The van der Waals surface area contributed by atoms with Gasteiger partial charge in [-0.05, 0) is 75.8 Å². The molecular formula is C38H45N5O5. The third-order valence-corrected chi connectivity index (χ3v) is 10.6. The Labute approximate surface area is 281 Å². The van der Waals surface area contributed by atoms with Crippen LogP contribution in [-0.4, -0.2) is 62.1 Å². The summed E-state index contributed by atoms with van der Waals surface area (Å²) in [5, 5.41) is 0. The number of carbonyl (C=O) groups excluding carboxylic acids is 4. The van der Waals surface area contributed by atoms with Crippen LogP contribution in [0.3, 0.4) is 0 Å². The number of hydrogen-bond donors (Lipinski definition) is 2. The molecule has 6 heterocycles. The molecule has 2 N–H and O–H groups in total. The zero-order chi connectivity index (χ0) is 34.6. The van der Waals surface area contributed by atoms with Crippen LogP contribution in [0.4, 0.5) is 0 Å². The van der Waals surface area contributed by atoms with E-state index in [4.69, 9.17) is 14.7 Å². The number of allylic oxidation sites excluding steroid dienone is 2. The molecule has 0 fully saturated rings. The third-order valence-electron chi connectivity index (χ3n) is 10.6. The summed E-state index contributed by atoms with van der Waals surface area (Å²) in [4.78, 5) is 71.5. The van der Waals surface area contributed by atoms with Crippen LogP contribution in [0.15, 0.2) is 18.2 Å². The number of H-pyrrole nitrogens is 2. The molecule has 6 rings (SSSR count). The van der Waals surface area contributed by atoms with E-state index in [1.54, 1.807) is 6.92 Å². The molecule has 2 amide bonds. The number of aromatic amines is 2. The lowest BCUT2D eigenvalue weighted by atomic mass is 9.84. The van der Waals surface area contributed by atoms with Gasteiger partial charge in [0, 0.05) is 65.3 Å². The van der Waals surface area contributed by atoms with Gasteiger partial charge in [-0.1, -0.05) is 27.7 Å². The van der Waals surface area contributed by atoms with E-state index in [-0.39, 0.29) is 47.8 Å². The van der Waals surface area contributed by atoms with Crippen molar-refractivity contribution in [1.29, 1.82) is 0 Å². The van der Waals surface area contributed by atoms with E-state index in [2.05, 4.69) is 30.7 Å². The highest BCUT2D eigenvalue weighted by Gasteiger charge is 2.40. The smallest absolute Gasteiger partial charge is 0.305 e. The van der Waals surface area contributed by atoms with E-state index in [1.807, 2.05) is 39.0 Å². The van der Waals surface area contributed by atoms with Crippen molar-refractivity contribution in [2.24, 2.45) is 0 Å². The molecule has 4 aliphatic heterocycles. The average Bonchev–Trinajstić information content (AvgIpc) is 3.72. The molecule has 2 aromatic rings. The molecule has 2 aromatic heterocycles. The molecule has 0 radical (unpaired) electrons. The maximum absolute atomic E-state index is 14.1. The standard InChI is InChI=1S/C38H45N5O5/c1-9-14-48-31(45)13-11-12-24-19(4)26-15-27-20(5)32(22(7)44)30(40-27)17-25-18(3)23(10-2)29(39-25)16-28-21(6)33-36(42-28)34(35(24)41-26)38(47)43(8)37(33)46/h15-19,23-24,39,42H,9-14H2,1-8H3/t18-,19+,23-,24+/m1/s1. The maximum Gasteiger partial charge on any atom is 0.305 e. The summed E-state index contributed by atoms with van der Waals surface area (Å²) in [6.07, 6.45) is 3.03. The minimum Gasteiger partial charge on any atom is -0.466 e. The number of esters is 1. The highest BCUT2D eigenvalue weighted by molar-refractivity contribution is 6.27. The van der Waals surface area contributed by atoms with E-state index < -0.39 is 5.91 Å². The first-order valence-corrected chi connectivity index (χ1v) is 17.1. The molecule has 4 aliphatic rings. The number of Topliss-reactive ketones (excluding diaryl/α,β-unsaturated/α-hetero) is 1. The van der Waals surface area contributed by atoms with Crippen molar-refractivity contribution in [3.8, 4) is 0 Å². The van der Waals surface area contributed by atoms with Crippen molar-refractivity contribution in [3.05, 3.63) is 69.1 Å². The summed E-state index contributed by atoms with van der Waals surface area (Å²) >= 11 is 0. The number of carbonyl (C=O) groups is 4. The van der Waals surface area contributed by atoms with Crippen LogP contribution in [0.1, 0.15) is 158 Å². The molecule has 10 heteroatoms. The van der Waals surface area contributed by atoms with Crippen molar-refractivity contribution < 1.29 is 23.9 Å². The second kappa shape index (κ2) is 12.8. The van der Waals surface area contributed by atoms with Gasteiger partial charge in [0.2, 0.25) is 0 Å². The van der Waals surface area contributed by atoms with E-state index >= 15 is 0 Å². The van der Waals surface area contributed by atoms with Gasteiger partial charge in [-0.2, -0.15) is 0 Å². The van der Waals surface area contributed by atoms with Gasteiger partial charge in [0.15, 0.2) is 5.78 Å². The fourth-order valence-electron chi connectivity index (χ4n) is 7.76. The van der Waals surface area contributed by atoms with Crippen LogP contribution in [-0.2, 0) is 14.3 Å². The predicted octanol–water partition coefficient (Wildman–Crippen LogP) is 7.40. The zero-order valence-electron chi connectivity index (χ0n) is 29.2. The Morgan fingerprint density at radius 1 is 0.917 bits per heavy atom. The number of hydrogen-bond acceptors (Lipinski definition) is 7. The number of nitrogens with one attached hydrogen (secondary N) is 2. The molecular weight excluding hydrogens is 606 g/mol. The summed E-state index contributed by atoms with van der Waals surface area (Å²) in [7, 11) is 1.52. The number of aromatic nitrogens is 4. The highest BCUT2D eigenvalue weighted by Crippen LogP contribution is 2.45. The second-order valence-corrected chi connectivity index (χ2v) is 13.6. The van der Waals surface area contributed by atoms with Crippen molar-refractivity contribution in [1.82, 2.24) is 24.8 Å². The van der Waals surface area contributed by atoms with Crippen molar-refractivity contribution in [3.63, 3.8) is 0 Å². The molecule has 4 atom stereocenters. The molecule has 252 valence electrons. The van der Waals surface area contributed by atoms with Crippen molar-refractivity contribution >= 4 is 45.7 Å². The molecule has 48 heavy (non-hydrogen) atoms. The molecule has 8 bridgehead atoms. The fourth-order valence-corrected chi connectivity index (χ4v) is 7.76. The van der Waals surface area contributed by atoms with E-state index in [1.165, 1.54) is 11.9 Å². The quantitative estimate of drug-likeness (QED) is 0.224. The summed E-state index contributed by atoms with van der Waals surface area (Å²) in [6, 6.07) is 5.97.